The van der Waals surface area contributed by atoms with Crippen molar-refractivity contribution < 1.29 is 13.6 Å². The molecule has 0 saturated carbocycles. The van der Waals surface area contributed by atoms with Crippen molar-refractivity contribution in [2.45, 2.75) is 102 Å². The molecule has 1 fully saturated rings. The lowest BCUT2D eigenvalue weighted by molar-refractivity contribution is -0.0493. The van der Waals surface area contributed by atoms with Crippen molar-refractivity contribution in [2.24, 2.45) is 4.99 Å². The zero-order chi connectivity index (χ0) is 27.0. The van der Waals surface area contributed by atoms with Gasteiger partial charge in [0.25, 0.3) is 5.56 Å². The van der Waals surface area contributed by atoms with Gasteiger partial charge < -0.3 is 13.6 Å². The topological polar surface area (TPSA) is 94.9 Å². The van der Waals surface area contributed by atoms with Gasteiger partial charge in [-0.3, -0.25) is 14.3 Å². The summed E-state index contributed by atoms with van der Waals surface area (Å²) < 4.78 is 21.2. The van der Waals surface area contributed by atoms with E-state index in [1.54, 1.807) is 6.08 Å². The molecule has 1 aromatic heterocycles. The largest absolute Gasteiger partial charge is 0.414 e. The molecular formula is C24H41N3O5SSi2. The predicted octanol–water partition coefficient (Wildman–Crippen LogP) is 4.87. The van der Waals surface area contributed by atoms with Crippen LogP contribution in [0.25, 0.3) is 0 Å². The normalized spacial score (nSPS) is 25.8. The maximum Gasteiger partial charge on any atom is 0.330 e. The first kappa shape index (κ1) is 29.8. The highest BCUT2D eigenvalue weighted by atomic mass is 32.1. The van der Waals surface area contributed by atoms with Crippen molar-refractivity contribution in [3.05, 3.63) is 45.8 Å². The van der Waals surface area contributed by atoms with E-state index in [1.807, 2.05) is 0 Å². The van der Waals surface area contributed by atoms with Crippen molar-refractivity contribution >= 4 is 34.0 Å². The molecule has 35 heavy (non-hydrogen) atoms. The standard InChI is InChI=1S/C24H41N3O5SSi2/c1-12-24(25-16-33)17(15-30-34(8,9)22(2,3)4)31-20(27-14-13-18(28)26-21(27)29)19(24)32-35(10,11)23(5,6)7/h12-14,17,19-20H,1,15H2,2-11H3,(H,26,28,29)/t17-,19+,20-,24+/m1/s1. The number of aromatic nitrogens is 2. The monoisotopic (exact) mass is 539 g/mol. The number of hydrogen-bond acceptors (Lipinski definition) is 7. The van der Waals surface area contributed by atoms with Crippen molar-refractivity contribution in [3.8, 4) is 0 Å². The number of aliphatic imine (C=N–C) groups is 1. The van der Waals surface area contributed by atoms with Crippen LogP contribution in [0.3, 0.4) is 0 Å². The van der Waals surface area contributed by atoms with Gasteiger partial charge >= 0.3 is 5.69 Å². The van der Waals surface area contributed by atoms with Crippen molar-refractivity contribution in [1.82, 2.24) is 9.55 Å². The Balaban J connectivity index is 2.68. The molecule has 4 atom stereocenters. The summed E-state index contributed by atoms with van der Waals surface area (Å²) >= 11 is 5.05. The minimum Gasteiger partial charge on any atom is -0.414 e. The van der Waals surface area contributed by atoms with Gasteiger partial charge in [-0.05, 0) is 48.5 Å². The molecule has 1 aliphatic heterocycles. The van der Waals surface area contributed by atoms with Gasteiger partial charge in [0, 0.05) is 12.3 Å². The molecule has 0 amide bonds. The number of hydrogen-bond donors (Lipinski definition) is 1. The van der Waals surface area contributed by atoms with Crippen LogP contribution in [-0.2, 0) is 13.6 Å². The van der Waals surface area contributed by atoms with Crippen LogP contribution in [0.2, 0.25) is 36.3 Å². The molecule has 0 aromatic carbocycles. The minimum absolute atomic E-state index is 0.0118. The first-order valence-electron chi connectivity index (χ1n) is 11.8. The SMILES string of the molecule is C=C[C@]1(N=C=S)[C@@H](CO[Si](C)(C)C(C)(C)C)O[C@@H](n2ccc(=O)[nH]c2=O)[C@@H]1O[Si](C)(C)C(C)(C)C. The van der Waals surface area contributed by atoms with Crippen LogP contribution < -0.4 is 11.2 Å². The zero-order valence-electron chi connectivity index (χ0n) is 22.7. The molecule has 196 valence electrons. The summed E-state index contributed by atoms with van der Waals surface area (Å²) in [6, 6.07) is 1.28. The van der Waals surface area contributed by atoms with E-state index in [4.69, 9.17) is 25.8 Å². The van der Waals surface area contributed by atoms with E-state index < -0.39 is 51.9 Å². The second-order valence-corrected chi connectivity index (χ2v) is 21.9. The minimum atomic E-state index is -2.40. The van der Waals surface area contributed by atoms with Crippen LogP contribution in [-0.4, -0.2) is 55.7 Å². The summed E-state index contributed by atoms with van der Waals surface area (Å²) in [4.78, 5) is 31.4. The van der Waals surface area contributed by atoms with Gasteiger partial charge in [-0.1, -0.05) is 47.6 Å². The number of aromatic amines is 1. The molecule has 1 saturated heterocycles. The zero-order valence-corrected chi connectivity index (χ0v) is 25.5. The Hall–Kier alpha value is -1.47. The van der Waals surface area contributed by atoms with Crippen LogP contribution >= 0.6 is 12.2 Å². The maximum absolute atomic E-state index is 12.8. The summed E-state index contributed by atoms with van der Waals surface area (Å²) in [5.74, 6) is 0. The van der Waals surface area contributed by atoms with Crippen LogP contribution in [0.5, 0.6) is 0 Å². The van der Waals surface area contributed by atoms with Crippen molar-refractivity contribution in [3.63, 3.8) is 0 Å². The first-order valence-corrected chi connectivity index (χ1v) is 18.1. The summed E-state index contributed by atoms with van der Waals surface area (Å²) in [7, 11) is -4.53. The fourth-order valence-corrected chi connectivity index (χ4v) is 5.88. The Morgan fingerprint density at radius 1 is 1.20 bits per heavy atom. The highest BCUT2D eigenvalue weighted by Gasteiger charge is 2.60. The predicted molar refractivity (Wildman–Crippen MR) is 148 cm³/mol. The number of isothiocyanates is 1. The molecule has 1 aliphatic rings. The molecule has 0 radical (unpaired) electrons. The van der Waals surface area contributed by atoms with E-state index in [2.05, 4.69) is 89.4 Å². The Bertz CT molecular complexity index is 1100. The Labute approximate surface area is 216 Å². The number of nitrogens with one attached hydrogen (secondary N) is 1. The smallest absolute Gasteiger partial charge is 0.330 e. The molecule has 0 unspecified atom stereocenters. The Morgan fingerprint density at radius 3 is 2.23 bits per heavy atom. The van der Waals surface area contributed by atoms with Gasteiger partial charge in [0.15, 0.2) is 22.9 Å². The van der Waals surface area contributed by atoms with E-state index in [1.165, 1.54) is 16.8 Å². The van der Waals surface area contributed by atoms with Crippen LogP contribution in [0.4, 0.5) is 0 Å². The van der Waals surface area contributed by atoms with Crippen LogP contribution in [0.15, 0.2) is 39.5 Å². The average Bonchev–Trinajstić information content (AvgIpc) is 2.98. The number of ether oxygens (including phenoxy) is 1. The lowest BCUT2D eigenvalue weighted by Gasteiger charge is -2.43. The van der Waals surface area contributed by atoms with E-state index in [0.29, 0.717) is 0 Å². The van der Waals surface area contributed by atoms with Gasteiger partial charge in [0.1, 0.15) is 17.7 Å². The highest BCUT2D eigenvalue weighted by Crippen LogP contribution is 2.48. The van der Waals surface area contributed by atoms with Crippen molar-refractivity contribution in [2.75, 3.05) is 6.61 Å². The average molecular weight is 540 g/mol. The lowest BCUT2D eigenvalue weighted by atomic mass is 9.89. The fraction of sp³-hybridized carbons (Fsp3) is 0.708. The Morgan fingerprint density at radius 2 is 1.77 bits per heavy atom. The number of thiocarbonyl (C=S) groups is 1. The fourth-order valence-electron chi connectivity index (χ4n) is 3.43. The molecule has 2 heterocycles. The summed E-state index contributed by atoms with van der Waals surface area (Å²) in [5, 5.41) is 2.37. The van der Waals surface area contributed by atoms with Crippen LogP contribution in [0.1, 0.15) is 47.8 Å². The summed E-state index contributed by atoms with van der Waals surface area (Å²) in [6.07, 6.45) is 0.822. The van der Waals surface area contributed by atoms with Gasteiger partial charge in [-0.15, -0.1) is 6.58 Å². The van der Waals surface area contributed by atoms with Gasteiger partial charge in [0.2, 0.25) is 0 Å². The molecule has 0 aliphatic carbocycles. The van der Waals surface area contributed by atoms with E-state index in [0.717, 1.165) is 0 Å². The molecular weight excluding hydrogens is 499 g/mol. The molecule has 1 aromatic rings. The molecule has 1 N–H and O–H groups in total. The molecule has 11 heteroatoms. The number of rotatable bonds is 8. The van der Waals surface area contributed by atoms with Gasteiger partial charge in [-0.2, -0.15) is 0 Å². The van der Waals surface area contributed by atoms with E-state index in [-0.39, 0.29) is 16.7 Å². The van der Waals surface area contributed by atoms with E-state index in [9.17, 15) is 9.59 Å². The molecule has 0 spiro atoms. The van der Waals surface area contributed by atoms with E-state index >= 15 is 0 Å². The molecule has 8 nitrogen and oxygen atoms in total. The molecule has 2 rings (SSSR count). The quantitative estimate of drug-likeness (QED) is 0.219. The van der Waals surface area contributed by atoms with Gasteiger partial charge in [0.05, 0.1) is 11.8 Å². The highest BCUT2D eigenvalue weighted by molar-refractivity contribution is 7.78. The lowest BCUT2D eigenvalue weighted by Crippen LogP contribution is -2.55. The van der Waals surface area contributed by atoms with Gasteiger partial charge in [-0.25, -0.2) is 9.79 Å². The summed E-state index contributed by atoms with van der Waals surface area (Å²) in [6.45, 7) is 25.7. The number of H-pyrrole nitrogens is 1. The Kier molecular flexibility index (Phi) is 8.61. The van der Waals surface area contributed by atoms with Crippen molar-refractivity contribution in [1.29, 1.82) is 0 Å². The number of nitrogens with zero attached hydrogens (tertiary/aromatic N) is 2. The summed E-state index contributed by atoms with van der Waals surface area (Å²) in [5.41, 5.74) is -2.22. The first-order chi connectivity index (χ1) is 15.8. The third kappa shape index (κ3) is 5.93. The second kappa shape index (κ2) is 10.1. The van der Waals surface area contributed by atoms with Crippen LogP contribution in [0, 0.1) is 0 Å². The third-order valence-electron chi connectivity index (χ3n) is 7.86. The second-order valence-electron chi connectivity index (χ2n) is 12.2. The molecule has 0 bridgehead atoms. The maximum atomic E-state index is 12.8. The third-order valence-corrected chi connectivity index (χ3v) is 16.9.